The molecule has 1 fully saturated rings. The highest BCUT2D eigenvalue weighted by molar-refractivity contribution is 7.99. The number of hydrogen-bond donors (Lipinski definition) is 1. The van der Waals surface area contributed by atoms with Crippen molar-refractivity contribution in [3.63, 3.8) is 0 Å². The number of para-hydroxylation sites is 1. The highest BCUT2D eigenvalue weighted by Gasteiger charge is 2.21. The van der Waals surface area contributed by atoms with Crippen LogP contribution in [0.2, 0.25) is 0 Å². The highest BCUT2D eigenvalue weighted by Crippen LogP contribution is 2.22. The number of likely N-dealkylation sites (tertiary alicyclic amines) is 1. The number of piperidine rings is 1. The number of carbonyl (C=O) groups is 1. The van der Waals surface area contributed by atoms with Crippen molar-refractivity contribution >= 4 is 23.4 Å². The molecule has 198 valence electrons. The minimum Gasteiger partial charge on any atom is -0.319 e. The summed E-state index contributed by atoms with van der Waals surface area (Å²) in [7, 11) is 1.81. The molecule has 0 radical (unpaired) electrons. The fourth-order valence-electron chi connectivity index (χ4n) is 4.80. The summed E-state index contributed by atoms with van der Waals surface area (Å²) in [5, 5.41) is 12.5. The third kappa shape index (κ3) is 5.76. The van der Waals surface area contributed by atoms with Gasteiger partial charge in [0.05, 0.1) is 30.2 Å². The summed E-state index contributed by atoms with van der Waals surface area (Å²) in [5.74, 6) is 0.770. The monoisotopic (exact) mass is 531 g/mol. The lowest BCUT2D eigenvalue weighted by atomic mass is 10.1. The Labute approximate surface area is 226 Å². The van der Waals surface area contributed by atoms with Gasteiger partial charge in [0.15, 0.2) is 5.16 Å². The minimum atomic E-state index is -0.259. The molecule has 0 spiro atoms. The van der Waals surface area contributed by atoms with Gasteiger partial charge in [0, 0.05) is 7.05 Å². The highest BCUT2D eigenvalue weighted by atomic mass is 32.2. The first-order valence-corrected chi connectivity index (χ1v) is 13.9. The summed E-state index contributed by atoms with van der Waals surface area (Å²) in [6, 6.07) is 19.6. The van der Waals surface area contributed by atoms with E-state index in [2.05, 4.69) is 37.1 Å². The van der Waals surface area contributed by atoms with E-state index >= 15 is 0 Å². The van der Waals surface area contributed by atoms with Gasteiger partial charge in [-0.05, 0) is 50.6 Å². The van der Waals surface area contributed by atoms with Gasteiger partial charge in [0.1, 0.15) is 11.5 Å². The molecule has 0 saturated carbocycles. The summed E-state index contributed by atoms with van der Waals surface area (Å²) in [6.45, 7) is 5.35. The van der Waals surface area contributed by atoms with E-state index < -0.39 is 0 Å². The molecule has 5 rings (SSSR count). The van der Waals surface area contributed by atoms with E-state index in [4.69, 9.17) is 0 Å². The predicted octanol–water partition coefficient (Wildman–Crippen LogP) is 3.84. The fourth-order valence-corrected chi connectivity index (χ4v) is 5.56. The number of nitrogens with one attached hydrogen (secondary N) is 1. The van der Waals surface area contributed by atoms with Gasteiger partial charge in [-0.1, -0.05) is 66.7 Å². The Hall–Kier alpha value is -3.63. The molecule has 9 nitrogen and oxygen atoms in total. The van der Waals surface area contributed by atoms with Gasteiger partial charge >= 0.3 is 0 Å². The summed E-state index contributed by atoms with van der Waals surface area (Å²) >= 11 is 1.34. The van der Waals surface area contributed by atoms with Crippen LogP contribution in [0.1, 0.15) is 36.3 Å². The number of aromatic nitrogens is 5. The molecule has 10 heteroatoms. The molecule has 0 aliphatic carbocycles. The maximum absolute atomic E-state index is 13.2. The Morgan fingerprint density at radius 2 is 1.63 bits per heavy atom. The molecule has 0 bridgehead atoms. The van der Waals surface area contributed by atoms with Gasteiger partial charge in [-0.3, -0.25) is 19.2 Å². The van der Waals surface area contributed by atoms with Gasteiger partial charge in [-0.15, -0.1) is 10.2 Å². The van der Waals surface area contributed by atoms with Crippen molar-refractivity contribution in [1.82, 2.24) is 29.0 Å². The van der Waals surface area contributed by atoms with E-state index in [1.807, 2.05) is 62.5 Å². The van der Waals surface area contributed by atoms with Crippen molar-refractivity contribution in [2.75, 3.05) is 24.2 Å². The van der Waals surface area contributed by atoms with Crippen LogP contribution in [0.4, 0.5) is 5.69 Å². The minimum absolute atomic E-state index is 0.121. The number of nitrogens with zero attached hydrogens (tertiary/aromatic N) is 6. The number of benzene rings is 2. The average molecular weight is 532 g/mol. The summed E-state index contributed by atoms with van der Waals surface area (Å²) < 4.78 is 5.42. The lowest BCUT2D eigenvalue weighted by Crippen LogP contribution is -2.30. The second kappa shape index (κ2) is 11.8. The van der Waals surface area contributed by atoms with E-state index in [1.54, 1.807) is 9.36 Å². The largest absolute Gasteiger partial charge is 0.319 e. The van der Waals surface area contributed by atoms with Gasteiger partial charge in [-0.25, -0.2) is 4.68 Å². The van der Waals surface area contributed by atoms with Crippen LogP contribution in [0.3, 0.4) is 0 Å². The molecular weight excluding hydrogens is 498 g/mol. The molecule has 1 N–H and O–H groups in total. The third-order valence-electron chi connectivity index (χ3n) is 6.94. The van der Waals surface area contributed by atoms with Gasteiger partial charge < -0.3 is 9.88 Å². The molecule has 1 aliphatic heterocycles. The van der Waals surface area contributed by atoms with Crippen LogP contribution < -0.4 is 10.9 Å². The van der Waals surface area contributed by atoms with Crippen LogP contribution in [0.5, 0.6) is 0 Å². The molecule has 38 heavy (non-hydrogen) atoms. The topological polar surface area (TPSA) is 90.0 Å². The SMILES string of the molecule is Cc1c(NC(=O)CSc2nnc(CN3CCCCC3)n2Cc2ccccc2)c(=O)n(-c2ccccc2)n1C. The first-order chi connectivity index (χ1) is 18.5. The Balaban J connectivity index is 1.31. The Kier molecular flexibility index (Phi) is 8.09. The summed E-state index contributed by atoms with van der Waals surface area (Å²) in [4.78, 5) is 28.6. The second-order valence-electron chi connectivity index (χ2n) is 9.58. The molecule has 2 aromatic carbocycles. The van der Waals surface area contributed by atoms with Crippen LogP contribution in [-0.2, 0) is 24.9 Å². The number of carbonyl (C=O) groups excluding carboxylic acids is 1. The molecule has 1 aliphatic rings. The number of hydrogen-bond acceptors (Lipinski definition) is 6. The Morgan fingerprint density at radius 1 is 0.947 bits per heavy atom. The zero-order chi connectivity index (χ0) is 26.5. The van der Waals surface area contributed by atoms with E-state index in [0.29, 0.717) is 23.1 Å². The summed E-state index contributed by atoms with van der Waals surface area (Å²) in [6.07, 6.45) is 3.69. The van der Waals surface area contributed by atoms with Crippen LogP contribution in [0.25, 0.3) is 5.69 Å². The Morgan fingerprint density at radius 3 is 2.34 bits per heavy atom. The molecule has 1 amide bonds. The zero-order valence-corrected chi connectivity index (χ0v) is 22.7. The molecule has 0 atom stereocenters. The number of thioether (sulfide) groups is 1. The van der Waals surface area contributed by atoms with Crippen molar-refractivity contribution in [2.24, 2.45) is 7.05 Å². The van der Waals surface area contributed by atoms with Crippen LogP contribution >= 0.6 is 11.8 Å². The first-order valence-electron chi connectivity index (χ1n) is 13.0. The van der Waals surface area contributed by atoms with Crippen LogP contribution in [-0.4, -0.2) is 53.8 Å². The van der Waals surface area contributed by atoms with Gasteiger partial charge in [-0.2, -0.15) is 0 Å². The molecule has 0 unspecified atom stereocenters. The maximum atomic E-state index is 13.2. The van der Waals surface area contributed by atoms with Crippen LogP contribution in [0.15, 0.2) is 70.6 Å². The van der Waals surface area contributed by atoms with E-state index in [9.17, 15) is 9.59 Å². The number of rotatable bonds is 9. The van der Waals surface area contributed by atoms with Gasteiger partial charge in [0.25, 0.3) is 5.56 Å². The quantitative estimate of drug-likeness (QED) is 0.330. The molecule has 1 saturated heterocycles. The standard InChI is InChI=1S/C28H33N7O2S/c1-21-26(27(37)35(32(21)2)23-14-8-4-9-15-23)29-25(36)20-38-28-31-30-24(19-33-16-10-5-11-17-33)34(28)18-22-12-6-3-7-13-22/h3-4,6-9,12-15H,5,10-11,16-20H2,1-2H3,(H,29,36). The zero-order valence-electron chi connectivity index (χ0n) is 21.8. The van der Waals surface area contributed by atoms with E-state index in [-0.39, 0.29) is 17.2 Å². The predicted molar refractivity (Wildman–Crippen MR) is 150 cm³/mol. The normalized spacial score (nSPS) is 14.1. The first kappa shape index (κ1) is 26.0. The van der Waals surface area contributed by atoms with E-state index in [0.717, 1.165) is 36.7 Å². The molecule has 4 aromatic rings. The number of amides is 1. The van der Waals surface area contributed by atoms with Crippen LogP contribution in [0, 0.1) is 6.92 Å². The maximum Gasteiger partial charge on any atom is 0.295 e. The third-order valence-corrected chi connectivity index (χ3v) is 7.91. The van der Waals surface area contributed by atoms with Crippen molar-refractivity contribution in [3.8, 4) is 5.69 Å². The molecule has 2 aromatic heterocycles. The van der Waals surface area contributed by atoms with Crippen molar-refractivity contribution in [2.45, 2.75) is 44.4 Å². The second-order valence-corrected chi connectivity index (χ2v) is 10.5. The fraction of sp³-hybridized carbons (Fsp3) is 0.357. The lowest BCUT2D eigenvalue weighted by Gasteiger charge is -2.26. The average Bonchev–Trinajstić information content (AvgIpc) is 3.41. The van der Waals surface area contributed by atoms with E-state index in [1.165, 1.54) is 31.0 Å². The number of anilines is 1. The Bertz CT molecular complexity index is 1440. The van der Waals surface area contributed by atoms with Crippen molar-refractivity contribution in [3.05, 3.63) is 88.1 Å². The molecular formula is C28H33N7O2S. The summed E-state index contributed by atoms with van der Waals surface area (Å²) in [5.41, 5.74) is 2.62. The lowest BCUT2D eigenvalue weighted by molar-refractivity contribution is -0.113. The van der Waals surface area contributed by atoms with Gasteiger partial charge in [0.2, 0.25) is 5.91 Å². The van der Waals surface area contributed by atoms with Crippen molar-refractivity contribution in [1.29, 1.82) is 0 Å². The smallest absolute Gasteiger partial charge is 0.295 e. The van der Waals surface area contributed by atoms with Crippen molar-refractivity contribution < 1.29 is 4.79 Å². The molecule has 3 heterocycles.